The molecule has 1 aromatic heterocycles. The van der Waals surface area contributed by atoms with E-state index in [0.29, 0.717) is 17.9 Å². The lowest BCUT2D eigenvalue weighted by atomic mass is 10.1. The monoisotopic (exact) mass is 335 g/mol. The van der Waals surface area contributed by atoms with Gasteiger partial charge in [0, 0.05) is 25.8 Å². The minimum atomic E-state index is 0.101. The highest BCUT2D eigenvalue weighted by Gasteiger charge is 2.21. The molecule has 0 atom stereocenters. The predicted octanol–water partition coefficient (Wildman–Crippen LogP) is 3.81. The molecule has 1 saturated heterocycles. The number of anilines is 1. The first-order chi connectivity index (χ1) is 12.3. The van der Waals surface area contributed by atoms with E-state index in [1.54, 1.807) is 6.20 Å². The molecule has 1 aliphatic heterocycles. The summed E-state index contributed by atoms with van der Waals surface area (Å²) in [5, 5.41) is 3.38. The Labute approximate surface area is 149 Å². The van der Waals surface area contributed by atoms with Gasteiger partial charge in [-0.05, 0) is 67.3 Å². The molecule has 0 radical (unpaired) electrons. The molecule has 0 bridgehead atoms. The average molecular weight is 335 g/mol. The number of piperidine rings is 1. The van der Waals surface area contributed by atoms with Crippen molar-refractivity contribution in [2.75, 3.05) is 18.4 Å². The summed E-state index contributed by atoms with van der Waals surface area (Å²) < 4.78 is 0. The van der Waals surface area contributed by atoms with Crippen LogP contribution in [0, 0.1) is 0 Å². The maximum atomic E-state index is 12.8. The normalized spacial score (nSPS) is 16.6. The summed E-state index contributed by atoms with van der Waals surface area (Å²) in [6.45, 7) is 2.42. The van der Waals surface area contributed by atoms with E-state index in [9.17, 15) is 4.79 Å². The lowest BCUT2D eigenvalue weighted by molar-refractivity contribution is 0.0725. The Balaban J connectivity index is 1.48. The Morgan fingerprint density at radius 3 is 2.76 bits per heavy atom. The molecular formula is C21H25N3O. The number of carbonyl (C=O) groups is 1. The van der Waals surface area contributed by atoms with Gasteiger partial charge >= 0.3 is 0 Å². The zero-order valence-corrected chi connectivity index (χ0v) is 14.6. The van der Waals surface area contributed by atoms with Gasteiger partial charge in [-0.15, -0.1) is 0 Å². The average Bonchev–Trinajstić information content (AvgIpc) is 3.14. The van der Waals surface area contributed by atoms with Crippen molar-refractivity contribution >= 4 is 11.7 Å². The lowest BCUT2D eigenvalue weighted by Gasteiger charge is -2.27. The molecule has 0 saturated carbocycles. The smallest absolute Gasteiger partial charge is 0.257 e. The minimum absolute atomic E-state index is 0.101. The van der Waals surface area contributed by atoms with E-state index in [1.807, 2.05) is 17.0 Å². The van der Waals surface area contributed by atoms with Crippen LogP contribution < -0.4 is 5.32 Å². The van der Waals surface area contributed by atoms with E-state index in [1.165, 1.54) is 42.4 Å². The SMILES string of the molecule is O=C(c1cccnc1NCc1ccc2c(c1)CCC2)N1CCCCC1. The summed E-state index contributed by atoms with van der Waals surface area (Å²) in [6.07, 6.45) is 8.83. The van der Waals surface area contributed by atoms with E-state index in [4.69, 9.17) is 0 Å². The maximum absolute atomic E-state index is 12.8. The Kier molecular flexibility index (Phi) is 4.68. The first kappa shape index (κ1) is 16.1. The second-order valence-electron chi connectivity index (χ2n) is 7.06. The third-order valence-electron chi connectivity index (χ3n) is 5.30. The Morgan fingerprint density at radius 2 is 1.88 bits per heavy atom. The largest absolute Gasteiger partial charge is 0.365 e. The van der Waals surface area contributed by atoms with Crippen LogP contribution in [0.25, 0.3) is 0 Å². The van der Waals surface area contributed by atoms with Gasteiger partial charge < -0.3 is 10.2 Å². The summed E-state index contributed by atoms with van der Waals surface area (Å²) in [6, 6.07) is 10.5. The highest BCUT2D eigenvalue weighted by molar-refractivity contribution is 5.98. The van der Waals surface area contributed by atoms with Crippen LogP contribution in [0.15, 0.2) is 36.5 Å². The molecule has 4 rings (SSSR count). The van der Waals surface area contributed by atoms with Crippen molar-refractivity contribution in [2.45, 2.75) is 45.1 Å². The number of fused-ring (bicyclic) bond motifs is 1. The van der Waals surface area contributed by atoms with Crippen LogP contribution >= 0.6 is 0 Å². The highest BCUT2D eigenvalue weighted by Crippen LogP contribution is 2.24. The standard InChI is InChI=1S/C21H25N3O/c25-21(24-12-2-1-3-13-24)19-8-5-11-22-20(19)23-15-16-9-10-17-6-4-7-18(17)14-16/h5,8-11,14H,1-4,6-7,12-13,15H2,(H,22,23). The Hall–Kier alpha value is -2.36. The fraction of sp³-hybridized carbons (Fsp3) is 0.429. The van der Waals surface area contributed by atoms with Gasteiger partial charge in [0.2, 0.25) is 0 Å². The number of hydrogen-bond donors (Lipinski definition) is 1. The molecule has 1 aliphatic carbocycles. The molecule has 4 nitrogen and oxygen atoms in total. The van der Waals surface area contributed by atoms with Crippen LogP contribution in [0.2, 0.25) is 0 Å². The molecule has 2 aliphatic rings. The molecule has 0 spiro atoms. The minimum Gasteiger partial charge on any atom is -0.365 e. The second kappa shape index (κ2) is 7.26. The number of likely N-dealkylation sites (tertiary alicyclic amines) is 1. The number of nitrogens with zero attached hydrogens (tertiary/aromatic N) is 2. The van der Waals surface area contributed by atoms with Gasteiger partial charge in [0.25, 0.3) is 5.91 Å². The molecular weight excluding hydrogens is 310 g/mol. The number of amides is 1. The van der Waals surface area contributed by atoms with Crippen LogP contribution in [0.3, 0.4) is 0 Å². The fourth-order valence-corrected chi connectivity index (χ4v) is 3.91. The molecule has 25 heavy (non-hydrogen) atoms. The van der Waals surface area contributed by atoms with Crippen molar-refractivity contribution in [3.05, 3.63) is 58.8 Å². The third-order valence-corrected chi connectivity index (χ3v) is 5.30. The number of aromatic nitrogens is 1. The molecule has 1 amide bonds. The third kappa shape index (κ3) is 3.53. The topological polar surface area (TPSA) is 45.2 Å². The molecule has 130 valence electrons. The van der Waals surface area contributed by atoms with E-state index < -0.39 is 0 Å². The van der Waals surface area contributed by atoms with E-state index >= 15 is 0 Å². The molecule has 4 heteroatoms. The van der Waals surface area contributed by atoms with Crippen molar-refractivity contribution < 1.29 is 4.79 Å². The van der Waals surface area contributed by atoms with Gasteiger partial charge in [-0.25, -0.2) is 4.98 Å². The van der Waals surface area contributed by atoms with Crippen molar-refractivity contribution in [3.63, 3.8) is 0 Å². The number of pyridine rings is 1. The van der Waals surface area contributed by atoms with Gasteiger partial charge in [-0.3, -0.25) is 4.79 Å². The van der Waals surface area contributed by atoms with E-state index in [0.717, 1.165) is 25.9 Å². The highest BCUT2D eigenvalue weighted by atomic mass is 16.2. The van der Waals surface area contributed by atoms with Gasteiger partial charge in [0.15, 0.2) is 0 Å². The zero-order chi connectivity index (χ0) is 17.1. The number of aryl methyl sites for hydroxylation is 2. The predicted molar refractivity (Wildman–Crippen MR) is 99.8 cm³/mol. The van der Waals surface area contributed by atoms with Crippen molar-refractivity contribution in [3.8, 4) is 0 Å². The van der Waals surface area contributed by atoms with Crippen LogP contribution in [-0.4, -0.2) is 28.9 Å². The number of rotatable bonds is 4. The van der Waals surface area contributed by atoms with Crippen LogP contribution in [0.1, 0.15) is 52.7 Å². The fourth-order valence-electron chi connectivity index (χ4n) is 3.91. The summed E-state index contributed by atoms with van der Waals surface area (Å²) in [5.41, 5.74) is 4.90. The molecule has 1 N–H and O–H groups in total. The summed E-state index contributed by atoms with van der Waals surface area (Å²) in [4.78, 5) is 19.2. The zero-order valence-electron chi connectivity index (χ0n) is 14.6. The quantitative estimate of drug-likeness (QED) is 0.924. The second-order valence-corrected chi connectivity index (χ2v) is 7.06. The molecule has 1 fully saturated rings. The molecule has 2 aromatic rings. The van der Waals surface area contributed by atoms with E-state index in [2.05, 4.69) is 28.5 Å². The first-order valence-corrected chi connectivity index (χ1v) is 9.40. The molecule has 0 unspecified atom stereocenters. The van der Waals surface area contributed by atoms with Crippen molar-refractivity contribution in [1.29, 1.82) is 0 Å². The first-order valence-electron chi connectivity index (χ1n) is 9.40. The number of hydrogen-bond acceptors (Lipinski definition) is 3. The Morgan fingerprint density at radius 1 is 1.04 bits per heavy atom. The summed E-state index contributed by atoms with van der Waals surface area (Å²) >= 11 is 0. The van der Waals surface area contributed by atoms with E-state index in [-0.39, 0.29) is 5.91 Å². The van der Waals surface area contributed by atoms with Gasteiger partial charge in [0.05, 0.1) is 5.56 Å². The molecule has 2 heterocycles. The lowest BCUT2D eigenvalue weighted by Crippen LogP contribution is -2.36. The van der Waals surface area contributed by atoms with Crippen LogP contribution in [0.5, 0.6) is 0 Å². The summed E-state index contributed by atoms with van der Waals surface area (Å²) in [5.74, 6) is 0.794. The molecule has 1 aromatic carbocycles. The van der Waals surface area contributed by atoms with Gasteiger partial charge in [-0.2, -0.15) is 0 Å². The van der Waals surface area contributed by atoms with Crippen molar-refractivity contribution in [1.82, 2.24) is 9.88 Å². The number of nitrogens with one attached hydrogen (secondary N) is 1. The Bertz CT molecular complexity index is 765. The number of benzene rings is 1. The number of carbonyl (C=O) groups excluding carboxylic acids is 1. The van der Waals surface area contributed by atoms with Gasteiger partial charge in [-0.1, -0.05) is 18.2 Å². The van der Waals surface area contributed by atoms with Crippen molar-refractivity contribution in [2.24, 2.45) is 0 Å². The summed E-state index contributed by atoms with van der Waals surface area (Å²) in [7, 11) is 0. The van der Waals surface area contributed by atoms with Crippen LogP contribution in [0.4, 0.5) is 5.82 Å². The van der Waals surface area contributed by atoms with Gasteiger partial charge in [0.1, 0.15) is 5.82 Å². The van der Waals surface area contributed by atoms with Crippen LogP contribution in [-0.2, 0) is 19.4 Å². The maximum Gasteiger partial charge on any atom is 0.257 e.